The van der Waals surface area contributed by atoms with Gasteiger partial charge in [0.05, 0.1) is 5.02 Å². The number of rotatable bonds is 2. The first-order valence-corrected chi connectivity index (χ1v) is 9.21. The van der Waals surface area contributed by atoms with Crippen LogP contribution in [0.25, 0.3) is 5.57 Å². The van der Waals surface area contributed by atoms with E-state index >= 15 is 0 Å². The molecule has 1 aromatic rings. The number of allylic oxidation sites excluding steroid dienone is 1. The second kappa shape index (κ2) is 6.09. The smallest absolute Gasteiger partial charge is 0.0570 e. The molecule has 1 fully saturated rings. The van der Waals surface area contributed by atoms with Crippen LogP contribution in [-0.4, -0.2) is 0 Å². The fraction of sp³-hybridized carbons (Fsp3) is 0.231. The molecule has 5 heteroatoms. The van der Waals surface area contributed by atoms with E-state index in [0.29, 0.717) is 16.6 Å². The van der Waals surface area contributed by atoms with Gasteiger partial charge in [0.2, 0.25) is 0 Å². The summed E-state index contributed by atoms with van der Waals surface area (Å²) >= 11 is 8.34. The highest BCUT2D eigenvalue weighted by Gasteiger charge is 2.28. The first-order valence-electron chi connectivity index (χ1n) is 5.47. The summed E-state index contributed by atoms with van der Waals surface area (Å²) in [4.78, 5) is 0. The highest BCUT2D eigenvalue weighted by Crippen LogP contribution is 2.43. The maximum Gasteiger partial charge on any atom is 0.0570 e. The Morgan fingerprint density at radius 1 is 1.50 bits per heavy atom. The Morgan fingerprint density at radius 2 is 2.22 bits per heavy atom. The number of anilines is 1. The monoisotopic (exact) mass is 390 g/mol. The lowest BCUT2D eigenvalue weighted by atomic mass is 9.99. The first-order chi connectivity index (χ1) is 8.67. The van der Waals surface area contributed by atoms with Gasteiger partial charge in [-0.05, 0) is 56.9 Å². The van der Waals surface area contributed by atoms with Crippen molar-refractivity contribution in [1.82, 2.24) is 0 Å². The van der Waals surface area contributed by atoms with E-state index in [0.717, 1.165) is 16.7 Å². The van der Waals surface area contributed by atoms with Gasteiger partial charge in [-0.15, -0.1) is 0 Å². The van der Waals surface area contributed by atoms with Gasteiger partial charge >= 0.3 is 0 Å². The molecule has 1 aliphatic carbocycles. The number of nitrogen functional groups attached to an aromatic ring is 1. The average Bonchev–Trinajstić information content (AvgIpc) is 3.17. The van der Waals surface area contributed by atoms with Crippen LogP contribution in [0.1, 0.15) is 24.0 Å². The summed E-state index contributed by atoms with van der Waals surface area (Å²) in [6.07, 6.45) is 3.99. The summed E-state index contributed by atoms with van der Waals surface area (Å²) in [7, 11) is 1.42. The van der Waals surface area contributed by atoms with Crippen LogP contribution in [0.5, 0.6) is 0 Å². The highest BCUT2D eigenvalue weighted by molar-refractivity contribution is 14.2. The van der Waals surface area contributed by atoms with Gasteiger partial charge in [0.1, 0.15) is 0 Å². The van der Waals surface area contributed by atoms with Crippen LogP contribution in [0.2, 0.25) is 5.02 Å². The number of halogens is 2. The van der Waals surface area contributed by atoms with Crippen LogP contribution in [0.4, 0.5) is 5.69 Å². The third-order valence-corrected chi connectivity index (χ3v) is 4.02. The van der Waals surface area contributed by atoms with Gasteiger partial charge in [0, 0.05) is 38.0 Å². The molecule has 0 bridgehead atoms. The molecule has 18 heavy (non-hydrogen) atoms. The number of hydrogen-bond acceptors (Lipinski definition) is 3. The van der Waals surface area contributed by atoms with Crippen LogP contribution in [0.3, 0.4) is 0 Å². The van der Waals surface area contributed by atoms with Crippen molar-refractivity contribution >= 4 is 53.0 Å². The van der Waals surface area contributed by atoms with E-state index in [2.05, 4.69) is 32.4 Å². The number of hydrogen-bond donors (Lipinski definition) is 2. The molecule has 0 aliphatic heterocycles. The minimum absolute atomic E-state index is 0.537. The van der Waals surface area contributed by atoms with Crippen molar-refractivity contribution in [3.63, 3.8) is 0 Å². The lowest BCUT2D eigenvalue weighted by Gasteiger charge is -2.10. The molecule has 4 N–H and O–H groups in total. The van der Waals surface area contributed by atoms with E-state index < -0.39 is 0 Å². The summed E-state index contributed by atoms with van der Waals surface area (Å²) in [6.45, 7) is 0. The molecule has 0 amide bonds. The zero-order valence-electron chi connectivity index (χ0n) is 9.54. The Kier molecular flexibility index (Phi) is 4.71. The molecule has 1 saturated carbocycles. The van der Waals surface area contributed by atoms with Crippen molar-refractivity contribution in [2.45, 2.75) is 12.8 Å². The molecular formula is C13H12ClIN2S. The van der Waals surface area contributed by atoms with Gasteiger partial charge in [0.25, 0.3) is 0 Å². The largest absolute Gasteiger partial charge is 0.404 e. The van der Waals surface area contributed by atoms with Crippen LogP contribution >= 0.6 is 41.7 Å². The van der Waals surface area contributed by atoms with E-state index in [1.165, 1.54) is 21.8 Å². The Morgan fingerprint density at radius 3 is 2.78 bits per heavy atom. The van der Waals surface area contributed by atoms with Gasteiger partial charge in [-0.3, -0.25) is 0 Å². The number of benzene rings is 1. The molecule has 0 saturated heterocycles. The van der Waals surface area contributed by atoms with Crippen molar-refractivity contribution in [3.8, 4) is 11.2 Å². The minimum atomic E-state index is 0.537. The molecule has 0 spiro atoms. The fourth-order valence-corrected chi connectivity index (χ4v) is 2.54. The molecule has 0 heterocycles. The van der Waals surface area contributed by atoms with Crippen molar-refractivity contribution in [2.24, 2.45) is 11.7 Å². The predicted molar refractivity (Wildman–Crippen MR) is 89.2 cm³/mol. The summed E-state index contributed by atoms with van der Waals surface area (Å²) in [5.74, 6) is 3.51. The van der Waals surface area contributed by atoms with Gasteiger partial charge in [0.15, 0.2) is 0 Å². The minimum Gasteiger partial charge on any atom is -0.404 e. The maximum absolute atomic E-state index is 6.23. The molecule has 0 atom stereocenters. The normalized spacial score (nSPS) is 15.1. The van der Waals surface area contributed by atoms with E-state index in [-0.39, 0.29) is 0 Å². The molecule has 0 aromatic heterocycles. The summed E-state index contributed by atoms with van der Waals surface area (Å²) in [6, 6.07) is 3.69. The molecule has 94 valence electrons. The molecule has 0 radical (unpaired) electrons. The third kappa shape index (κ3) is 3.08. The summed E-state index contributed by atoms with van der Waals surface area (Å²) in [5.41, 5.74) is 15.2. The second-order valence-corrected chi connectivity index (χ2v) is 6.21. The molecular weight excluding hydrogens is 379 g/mol. The number of nitrogens with two attached hydrogens (primary N) is 2. The molecule has 2 rings (SSSR count). The van der Waals surface area contributed by atoms with Crippen molar-refractivity contribution in [2.75, 3.05) is 5.73 Å². The Labute approximate surface area is 128 Å². The van der Waals surface area contributed by atoms with Crippen molar-refractivity contribution in [3.05, 3.63) is 34.5 Å². The average molecular weight is 391 g/mol. The zero-order valence-corrected chi connectivity index (χ0v) is 13.3. The lowest BCUT2D eigenvalue weighted by molar-refractivity contribution is 1.14. The van der Waals surface area contributed by atoms with Crippen molar-refractivity contribution < 1.29 is 0 Å². The zero-order chi connectivity index (χ0) is 13.1. The standard InChI is InChI=1S/C13H12ClIN2S/c14-12-6-10(11(7-16)8-1-2-8)13(17)5-9(12)3-4-18-15/h5-8H,1-2,16-17H2/b11-7-. The van der Waals surface area contributed by atoms with E-state index in [9.17, 15) is 0 Å². The van der Waals surface area contributed by atoms with Crippen LogP contribution in [0.15, 0.2) is 18.3 Å². The predicted octanol–water partition coefficient (Wildman–Crippen LogP) is 4.02. The second-order valence-electron chi connectivity index (χ2n) is 4.12. The Balaban J connectivity index is 2.42. The SMILES string of the molecule is N/C=C(\c1cc(Cl)c(C#CSI)cc1N)C1CC1. The van der Waals surface area contributed by atoms with Crippen molar-refractivity contribution in [1.29, 1.82) is 0 Å². The third-order valence-electron chi connectivity index (χ3n) is 2.87. The van der Waals surface area contributed by atoms with Gasteiger partial charge in [-0.2, -0.15) is 0 Å². The van der Waals surface area contributed by atoms with Gasteiger partial charge in [-0.25, -0.2) is 0 Å². The van der Waals surface area contributed by atoms with Crippen LogP contribution in [-0.2, 0) is 0 Å². The van der Waals surface area contributed by atoms with Gasteiger partial charge in [-0.1, -0.05) is 17.5 Å². The van der Waals surface area contributed by atoms with E-state index in [1.54, 1.807) is 6.20 Å². The van der Waals surface area contributed by atoms with Crippen LogP contribution < -0.4 is 11.5 Å². The lowest BCUT2D eigenvalue weighted by Crippen LogP contribution is -1.99. The quantitative estimate of drug-likeness (QED) is 0.455. The maximum atomic E-state index is 6.23. The van der Waals surface area contributed by atoms with Gasteiger partial charge < -0.3 is 11.5 Å². The molecule has 1 aliphatic rings. The van der Waals surface area contributed by atoms with E-state index in [4.69, 9.17) is 23.1 Å². The molecule has 2 nitrogen and oxygen atoms in total. The highest BCUT2D eigenvalue weighted by atomic mass is 127. The summed E-state index contributed by atoms with van der Waals surface area (Å²) in [5, 5.41) is 3.53. The molecule has 0 unspecified atom stereocenters. The molecule has 1 aromatic carbocycles. The topological polar surface area (TPSA) is 52.0 Å². The van der Waals surface area contributed by atoms with Crippen LogP contribution in [0, 0.1) is 17.1 Å². The Bertz CT molecular complexity index is 556. The Hall–Kier alpha value is -0.510. The fourth-order valence-electron chi connectivity index (χ4n) is 1.85. The summed E-state index contributed by atoms with van der Waals surface area (Å²) < 4.78 is 0. The first kappa shape index (κ1) is 13.9. The van der Waals surface area contributed by atoms with E-state index in [1.807, 2.05) is 12.1 Å².